The average molecular weight is 475 g/mol. The first-order valence-electron chi connectivity index (χ1n) is 7.56. The lowest BCUT2D eigenvalue weighted by Crippen LogP contribution is -2.26. The molecule has 0 atom stereocenters. The van der Waals surface area contributed by atoms with Crippen molar-refractivity contribution in [3.63, 3.8) is 0 Å². The molecule has 11 heteroatoms. The Hall–Kier alpha value is -2.04. The third-order valence-electron chi connectivity index (χ3n) is 3.88. The van der Waals surface area contributed by atoms with Crippen LogP contribution in [0.2, 0.25) is 5.28 Å². The second kappa shape index (κ2) is 7.17. The number of hydrogen-bond acceptors (Lipinski definition) is 6. The van der Waals surface area contributed by atoms with Crippen molar-refractivity contribution in [2.24, 2.45) is 0 Å². The average Bonchev–Trinajstić information content (AvgIpc) is 2.58. The maximum Gasteiger partial charge on any atom is 0.232 e. The van der Waals surface area contributed by atoms with E-state index in [1.807, 2.05) is 0 Å². The third kappa shape index (κ3) is 3.97. The van der Waals surface area contributed by atoms with Gasteiger partial charge in [-0.1, -0.05) is 0 Å². The molecule has 3 aromatic rings. The standard InChI is InChI=1S/C16H14BrClFN5O2S/c1-8-11(19)6-9-12(21-8)4-5-13(14(9)24(2)27(3,25)26)22-15-10(17)7-20-16(18)23-15/h4-7H,1-3H3,(H,20,22,23). The van der Waals surface area contributed by atoms with Crippen LogP contribution < -0.4 is 9.62 Å². The maximum atomic E-state index is 14.2. The predicted octanol–water partition coefficient (Wildman–Crippen LogP) is 4.03. The van der Waals surface area contributed by atoms with Crippen LogP contribution in [-0.4, -0.2) is 36.7 Å². The molecule has 0 aliphatic carbocycles. The van der Waals surface area contributed by atoms with Gasteiger partial charge in [0.2, 0.25) is 15.3 Å². The van der Waals surface area contributed by atoms with Gasteiger partial charge in [0.15, 0.2) is 0 Å². The van der Waals surface area contributed by atoms with E-state index in [0.717, 1.165) is 10.6 Å². The van der Waals surface area contributed by atoms with Crippen LogP contribution in [0.4, 0.5) is 21.6 Å². The van der Waals surface area contributed by atoms with Gasteiger partial charge in [0, 0.05) is 18.6 Å². The van der Waals surface area contributed by atoms with Gasteiger partial charge in [-0.25, -0.2) is 22.8 Å². The Morgan fingerprint density at radius 1 is 1.30 bits per heavy atom. The molecule has 0 saturated carbocycles. The number of nitrogens with zero attached hydrogens (tertiary/aromatic N) is 4. The van der Waals surface area contributed by atoms with E-state index in [4.69, 9.17) is 11.6 Å². The smallest absolute Gasteiger partial charge is 0.232 e. The van der Waals surface area contributed by atoms with Crippen molar-refractivity contribution in [1.82, 2.24) is 15.0 Å². The van der Waals surface area contributed by atoms with E-state index in [9.17, 15) is 12.8 Å². The normalized spacial score (nSPS) is 11.6. The zero-order valence-corrected chi connectivity index (χ0v) is 17.6. The molecule has 2 heterocycles. The number of sulfonamides is 1. The molecule has 0 spiro atoms. The zero-order valence-electron chi connectivity index (χ0n) is 14.5. The number of hydrogen-bond donors (Lipinski definition) is 1. The fraction of sp³-hybridized carbons (Fsp3) is 0.188. The molecule has 1 N–H and O–H groups in total. The Labute approximate surface area is 168 Å². The zero-order chi connectivity index (χ0) is 19.9. The SMILES string of the molecule is Cc1nc2ccc(Nc3nc(Cl)ncc3Br)c(N(C)S(C)(=O)=O)c2cc1F. The summed E-state index contributed by atoms with van der Waals surface area (Å²) in [5.41, 5.74) is 1.31. The van der Waals surface area contributed by atoms with E-state index in [-0.39, 0.29) is 16.7 Å². The summed E-state index contributed by atoms with van der Waals surface area (Å²) >= 11 is 9.15. The fourth-order valence-corrected chi connectivity index (χ4v) is 3.42. The fourth-order valence-electron chi connectivity index (χ4n) is 2.47. The van der Waals surface area contributed by atoms with Gasteiger partial charge in [-0.05, 0) is 52.7 Å². The number of aryl methyl sites for hydroxylation is 1. The lowest BCUT2D eigenvalue weighted by Gasteiger charge is -2.23. The van der Waals surface area contributed by atoms with Crippen molar-refractivity contribution in [1.29, 1.82) is 0 Å². The van der Waals surface area contributed by atoms with Crippen LogP contribution in [0.15, 0.2) is 28.9 Å². The molecule has 27 heavy (non-hydrogen) atoms. The molecule has 0 aliphatic rings. The predicted molar refractivity (Wildman–Crippen MR) is 108 cm³/mol. The quantitative estimate of drug-likeness (QED) is 0.575. The molecule has 0 amide bonds. The van der Waals surface area contributed by atoms with Gasteiger partial charge in [-0.2, -0.15) is 4.98 Å². The third-order valence-corrected chi connectivity index (χ3v) is 5.82. The monoisotopic (exact) mass is 473 g/mol. The molecule has 7 nitrogen and oxygen atoms in total. The summed E-state index contributed by atoms with van der Waals surface area (Å²) < 4.78 is 40.1. The minimum absolute atomic E-state index is 0.0165. The van der Waals surface area contributed by atoms with Crippen LogP contribution in [0.1, 0.15) is 5.69 Å². The highest BCUT2D eigenvalue weighted by Crippen LogP contribution is 2.38. The van der Waals surface area contributed by atoms with Crippen LogP contribution in [-0.2, 0) is 10.0 Å². The number of pyridine rings is 1. The van der Waals surface area contributed by atoms with Gasteiger partial charge in [0.1, 0.15) is 11.6 Å². The van der Waals surface area contributed by atoms with E-state index in [0.29, 0.717) is 26.9 Å². The molecule has 0 saturated heterocycles. The topological polar surface area (TPSA) is 88.1 Å². The first-order chi connectivity index (χ1) is 12.6. The van der Waals surface area contributed by atoms with Gasteiger partial charge >= 0.3 is 0 Å². The van der Waals surface area contributed by atoms with E-state index in [1.165, 1.54) is 19.3 Å². The summed E-state index contributed by atoms with van der Waals surface area (Å²) in [5, 5.41) is 3.38. The van der Waals surface area contributed by atoms with Gasteiger partial charge in [0.05, 0.1) is 33.3 Å². The summed E-state index contributed by atoms with van der Waals surface area (Å²) in [6.07, 6.45) is 2.52. The maximum absolute atomic E-state index is 14.2. The molecule has 0 aliphatic heterocycles. The van der Waals surface area contributed by atoms with Crippen molar-refractivity contribution < 1.29 is 12.8 Å². The number of rotatable bonds is 4. The highest BCUT2D eigenvalue weighted by Gasteiger charge is 2.21. The molecule has 142 valence electrons. The van der Waals surface area contributed by atoms with E-state index in [2.05, 4.69) is 36.2 Å². The number of anilines is 3. The van der Waals surface area contributed by atoms with Crippen molar-refractivity contribution in [2.75, 3.05) is 22.9 Å². The summed E-state index contributed by atoms with van der Waals surface area (Å²) in [6.45, 7) is 1.54. The van der Waals surface area contributed by atoms with Crippen LogP contribution in [0, 0.1) is 12.7 Å². The van der Waals surface area contributed by atoms with Gasteiger partial charge in [-0.3, -0.25) is 4.31 Å². The number of benzene rings is 1. The minimum atomic E-state index is -3.63. The number of halogens is 3. The Kier molecular flexibility index (Phi) is 5.24. The summed E-state index contributed by atoms with van der Waals surface area (Å²) in [4.78, 5) is 12.1. The Morgan fingerprint density at radius 2 is 2.00 bits per heavy atom. The number of aromatic nitrogens is 3. The molecule has 0 unspecified atom stereocenters. The van der Waals surface area contributed by atoms with Crippen LogP contribution in [0.5, 0.6) is 0 Å². The molecule has 0 bridgehead atoms. The summed E-state index contributed by atoms with van der Waals surface area (Å²) in [5.74, 6) is -0.202. The van der Waals surface area contributed by atoms with E-state index in [1.54, 1.807) is 19.1 Å². The second-order valence-electron chi connectivity index (χ2n) is 5.78. The van der Waals surface area contributed by atoms with Crippen molar-refractivity contribution in [3.8, 4) is 0 Å². The molecular weight excluding hydrogens is 461 g/mol. The first kappa shape index (κ1) is 19.7. The second-order valence-corrected chi connectivity index (χ2v) is 8.98. The lowest BCUT2D eigenvalue weighted by molar-refractivity contribution is 0.600. The molecule has 0 fully saturated rings. The highest BCUT2D eigenvalue weighted by molar-refractivity contribution is 9.10. The Morgan fingerprint density at radius 3 is 2.67 bits per heavy atom. The summed E-state index contributed by atoms with van der Waals surface area (Å²) in [6, 6.07) is 4.58. The highest BCUT2D eigenvalue weighted by atomic mass is 79.9. The number of nitrogens with one attached hydrogen (secondary N) is 1. The van der Waals surface area contributed by atoms with Gasteiger partial charge in [0.25, 0.3) is 0 Å². The Bertz CT molecular complexity index is 1160. The van der Waals surface area contributed by atoms with Gasteiger partial charge < -0.3 is 5.32 Å². The molecule has 1 aromatic carbocycles. The van der Waals surface area contributed by atoms with Crippen molar-refractivity contribution in [2.45, 2.75) is 6.92 Å². The van der Waals surface area contributed by atoms with Crippen molar-refractivity contribution >= 4 is 65.6 Å². The lowest BCUT2D eigenvalue weighted by atomic mass is 10.1. The number of fused-ring (bicyclic) bond motifs is 1. The largest absolute Gasteiger partial charge is 0.337 e. The van der Waals surface area contributed by atoms with E-state index < -0.39 is 15.8 Å². The molecule has 2 aromatic heterocycles. The van der Waals surface area contributed by atoms with E-state index >= 15 is 0 Å². The first-order valence-corrected chi connectivity index (χ1v) is 10.6. The molecule has 3 rings (SSSR count). The molecular formula is C16H14BrClFN5O2S. The van der Waals surface area contributed by atoms with Crippen LogP contribution >= 0.6 is 27.5 Å². The van der Waals surface area contributed by atoms with Gasteiger partial charge in [-0.15, -0.1) is 0 Å². The van der Waals surface area contributed by atoms with Crippen LogP contribution in [0.25, 0.3) is 10.9 Å². The summed E-state index contributed by atoms with van der Waals surface area (Å²) in [7, 11) is -2.25. The molecule has 0 radical (unpaired) electrons. The Balaban J connectivity index is 2.28. The van der Waals surface area contributed by atoms with Crippen molar-refractivity contribution in [3.05, 3.63) is 45.7 Å². The minimum Gasteiger partial charge on any atom is -0.337 e. The van der Waals surface area contributed by atoms with Crippen LogP contribution in [0.3, 0.4) is 0 Å².